The summed E-state index contributed by atoms with van der Waals surface area (Å²) in [7, 11) is 0. The fourth-order valence-corrected chi connectivity index (χ4v) is 5.05. The number of nitrogens with zero attached hydrogens (tertiary/aromatic N) is 2. The highest BCUT2D eigenvalue weighted by atomic mass is 19.4. The molecule has 0 saturated carbocycles. The van der Waals surface area contributed by atoms with Crippen molar-refractivity contribution < 1.29 is 27.5 Å². The van der Waals surface area contributed by atoms with E-state index in [2.05, 4.69) is 0 Å². The molecule has 2 amide bonds. The SMILES string of the molecule is O=C(CCCc1ccccc1)N1CCN(C(=O)C2(c3cccc(C(F)(F)F)c3)CCOCC2)CC1. The lowest BCUT2D eigenvalue weighted by Crippen LogP contribution is -2.56. The molecule has 2 aromatic rings. The third kappa shape index (κ3) is 5.86. The molecule has 2 heterocycles. The molecule has 2 saturated heterocycles. The molecule has 2 aliphatic rings. The van der Waals surface area contributed by atoms with Gasteiger partial charge in [-0.15, -0.1) is 0 Å². The van der Waals surface area contributed by atoms with Crippen LogP contribution in [0.3, 0.4) is 0 Å². The lowest BCUT2D eigenvalue weighted by Gasteiger charge is -2.43. The molecule has 2 aromatic carbocycles. The van der Waals surface area contributed by atoms with E-state index in [0.29, 0.717) is 64.2 Å². The number of carbonyl (C=O) groups is 2. The standard InChI is InChI=1S/C27H31F3N2O3/c28-27(29,30)23-10-5-9-22(20-23)26(12-18-35-19-13-26)25(34)32-16-14-31(15-17-32)24(33)11-4-8-21-6-2-1-3-7-21/h1-3,5-7,9-10,20H,4,8,11-19H2. The summed E-state index contributed by atoms with van der Waals surface area (Å²) in [6.45, 7) is 2.27. The maximum atomic E-state index is 13.7. The van der Waals surface area contributed by atoms with Gasteiger partial charge in [-0.25, -0.2) is 0 Å². The van der Waals surface area contributed by atoms with E-state index in [9.17, 15) is 22.8 Å². The van der Waals surface area contributed by atoms with Crippen molar-refractivity contribution in [2.75, 3.05) is 39.4 Å². The van der Waals surface area contributed by atoms with Crippen LogP contribution in [0.15, 0.2) is 54.6 Å². The molecule has 8 heteroatoms. The summed E-state index contributed by atoms with van der Waals surface area (Å²) in [6.07, 6.45) is -1.74. The lowest BCUT2D eigenvalue weighted by atomic mass is 9.72. The first-order valence-electron chi connectivity index (χ1n) is 12.2. The van der Waals surface area contributed by atoms with E-state index in [1.807, 2.05) is 30.3 Å². The maximum absolute atomic E-state index is 13.7. The Labute approximate surface area is 203 Å². The predicted octanol–water partition coefficient (Wildman–Crippen LogP) is 4.45. The van der Waals surface area contributed by atoms with Crippen molar-refractivity contribution in [1.29, 1.82) is 0 Å². The second-order valence-corrected chi connectivity index (χ2v) is 9.29. The predicted molar refractivity (Wildman–Crippen MR) is 126 cm³/mol. The average molecular weight is 489 g/mol. The molecule has 35 heavy (non-hydrogen) atoms. The molecule has 0 spiro atoms. The van der Waals surface area contributed by atoms with Crippen LogP contribution < -0.4 is 0 Å². The smallest absolute Gasteiger partial charge is 0.381 e. The van der Waals surface area contributed by atoms with E-state index in [1.165, 1.54) is 11.6 Å². The minimum atomic E-state index is -4.47. The third-order valence-corrected chi connectivity index (χ3v) is 7.12. The first kappa shape index (κ1) is 25.2. The van der Waals surface area contributed by atoms with Gasteiger partial charge in [0.1, 0.15) is 0 Å². The molecule has 0 atom stereocenters. The van der Waals surface area contributed by atoms with Gasteiger partial charge in [-0.2, -0.15) is 13.2 Å². The van der Waals surface area contributed by atoms with Crippen LogP contribution in [0.25, 0.3) is 0 Å². The van der Waals surface area contributed by atoms with Gasteiger partial charge in [-0.3, -0.25) is 9.59 Å². The number of halogens is 3. The zero-order valence-corrected chi connectivity index (χ0v) is 19.7. The summed E-state index contributed by atoms with van der Waals surface area (Å²) in [5.74, 6) is -0.0945. The van der Waals surface area contributed by atoms with Gasteiger partial charge in [0.05, 0.1) is 11.0 Å². The molecular formula is C27H31F3N2O3. The summed E-state index contributed by atoms with van der Waals surface area (Å²) >= 11 is 0. The lowest BCUT2D eigenvalue weighted by molar-refractivity contribution is -0.146. The van der Waals surface area contributed by atoms with Crippen LogP contribution in [-0.4, -0.2) is 61.0 Å². The second-order valence-electron chi connectivity index (χ2n) is 9.29. The summed E-state index contributed by atoms with van der Waals surface area (Å²) in [4.78, 5) is 29.9. The number of benzene rings is 2. The summed E-state index contributed by atoms with van der Waals surface area (Å²) in [6, 6.07) is 15.2. The third-order valence-electron chi connectivity index (χ3n) is 7.12. The van der Waals surface area contributed by atoms with E-state index in [-0.39, 0.29) is 11.8 Å². The molecule has 0 bridgehead atoms. The highest BCUT2D eigenvalue weighted by Gasteiger charge is 2.45. The van der Waals surface area contributed by atoms with E-state index in [1.54, 1.807) is 15.9 Å². The van der Waals surface area contributed by atoms with Gasteiger partial charge in [0.15, 0.2) is 0 Å². The second kappa shape index (κ2) is 10.8. The number of hydrogen-bond donors (Lipinski definition) is 0. The van der Waals surface area contributed by atoms with Crippen molar-refractivity contribution in [3.05, 3.63) is 71.3 Å². The minimum Gasteiger partial charge on any atom is -0.381 e. The van der Waals surface area contributed by atoms with Gasteiger partial charge in [0.25, 0.3) is 0 Å². The number of piperazine rings is 1. The highest BCUT2D eigenvalue weighted by molar-refractivity contribution is 5.89. The van der Waals surface area contributed by atoms with Crippen LogP contribution in [0.5, 0.6) is 0 Å². The monoisotopic (exact) mass is 488 g/mol. The number of carbonyl (C=O) groups excluding carboxylic acids is 2. The minimum absolute atomic E-state index is 0.0756. The van der Waals surface area contributed by atoms with Gasteiger partial charge in [0.2, 0.25) is 11.8 Å². The molecule has 0 aliphatic carbocycles. The molecule has 2 aliphatic heterocycles. The van der Waals surface area contributed by atoms with Crippen molar-refractivity contribution in [1.82, 2.24) is 9.80 Å². The Morgan fingerprint density at radius 1 is 0.886 bits per heavy atom. The Balaban J connectivity index is 1.39. The van der Waals surface area contributed by atoms with E-state index < -0.39 is 17.2 Å². The Morgan fingerprint density at radius 2 is 1.54 bits per heavy atom. The fourth-order valence-electron chi connectivity index (χ4n) is 5.05. The van der Waals surface area contributed by atoms with E-state index in [4.69, 9.17) is 4.74 Å². The van der Waals surface area contributed by atoms with Crippen LogP contribution in [0.4, 0.5) is 13.2 Å². The molecule has 2 fully saturated rings. The molecular weight excluding hydrogens is 457 g/mol. The fraction of sp³-hybridized carbons (Fsp3) is 0.481. The zero-order chi connectivity index (χ0) is 24.9. The van der Waals surface area contributed by atoms with E-state index >= 15 is 0 Å². The first-order valence-corrected chi connectivity index (χ1v) is 12.2. The van der Waals surface area contributed by atoms with Gasteiger partial charge >= 0.3 is 6.18 Å². The van der Waals surface area contributed by atoms with Crippen molar-refractivity contribution in [3.8, 4) is 0 Å². The Kier molecular flexibility index (Phi) is 7.79. The van der Waals surface area contributed by atoms with Crippen LogP contribution >= 0.6 is 0 Å². The Hall–Kier alpha value is -2.87. The maximum Gasteiger partial charge on any atom is 0.416 e. The Morgan fingerprint density at radius 3 is 2.20 bits per heavy atom. The number of aryl methyl sites for hydroxylation is 1. The molecule has 188 valence electrons. The van der Waals surface area contributed by atoms with Gasteiger partial charge in [0, 0.05) is 45.8 Å². The summed E-state index contributed by atoms with van der Waals surface area (Å²) in [5, 5.41) is 0. The Bertz CT molecular complexity index is 1010. The van der Waals surface area contributed by atoms with Crippen molar-refractivity contribution >= 4 is 11.8 Å². The average Bonchev–Trinajstić information content (AvgIpc) is 2.89. The van der Waals surface area contributed by atoms with Gasteiger partial charge in [-0.1, -0.05) is 48.5 Å². The van der Waals surface area contributed by atoms with Gasteiger partial charge < -0.3 is 14.5 Å². The molecule has 0 radical (unpaired) electrons. The normalized spacial score (nSPS) is 18.4. The topological polar surface area (TPSA) is 49.9 Å². The molecule has 5 nitrogen and oxygen atoms in total. The van der Waals surface area contributed by atoms with Crippen LogP contribution in [0, 0.1) is 0 Å². The summed E-state index contributed by atoms with van der Waals surface area (Å²) in [5.41, 5.74) is -0.201. The number of alkyl halides is 3. The molecule has 4 rings (SSSR count). The molecule has 0 N–H and O–H groups in total. The number of hydrogen-bond acceptors (Lipinski definition) is 3. The van der Waals surface area contributed by atoms with Crippen molar-refractivity contribution in [2.24, 2.45) is 0 Å². The van der Waals surface area contributed by atoms with Gasteiger partial charge in [-0.05, 0) is 42.9 Å². The van der Waals surface area contributed by atoms with Crippen LogP contribution in [0.1, 0.15) is 42.4 Å². The van der Waals surface area contributed by atoms with Crippen molar-refractivity contribution in [2.45, 2.75) is 43.7 Å². The number of rotatable bonds is 6. The molecule has 0 unspecified atom stereocenters. The first-order chi connectivity index (χ1) is 16.8. The number of ether oxygens (including phenoxy) is 1. The largest absolute Gasteiger partial charge is 0.416 e. The van der Waals surface area contributed by atoms with Crippen LogP contribution in [-0.2, 0) is 32.3 Å². The molecule has 0 aromatic heterocycles. The highest BCUT2D eigenvalue weighted by Crippen LogP contribution is 2.39. The zero-order valence-electron chi connectivity index (χ0n) is 19.7. The van der Waals surface area contributed by atoms with Crippen molar-refractivity contribution in [3.63, 3.8) is 0 Å². The number of amides is 2. The quantitative estimate of drug-likeness (QED) is 0.604. The summed E-state index contributed by atoms with van der Waals surface area (Å²) < 4.78 is 45.5. The van der Waals surface area contributed by atoms with E-state index in [0.717, 1.165) is 25.0 Å². The van der Waals surface area contributed by atoms with Crippen LogP contribution in [0.2, 0.25) is 0 Å².